The molecule has 0 radical (unpaired) electrons. The van der Waals surface area contributed by atoms with Crippen LogP contribution >= 0.6 is 0 Å². The van der Waals surface area contributed by atoms with Crippen LogP contribution in [-0.2, 0) is 25.2 Å². The van der Waals surface area contributed by atoms with E-state index in [4.69, 9.17) is 4.74 Å². The summed E-state index contributed by atoms with van der Waals surface area (Å²) in [5.41, 5.74) is -3.11. The second kappa shape index (κ2) is 9.71. The van der Waals surface area contributed by atoms with Crippen LogP contribution in [0.15, 0.2) is 29.3 Å². The second-order valence-corrected chi connectivity index (χ2v) is 9.88. The molecule has 1 heterocycles. The smallest absolute Gasteiger partial charge is 0.416 e. The van der Waals surface area contributed by atoms with Crippen LogP contribution in [0.5, 0.6) is 5.75 Å². The Bertz CT molecular complexity index is 1130. The summed E-state index contributed by atoms with van der Waals surface area (Å²) in [4.78, 5) is 16.9. The zero-order chi connectivity index (χ0) is 27.0. The van der Waals surface area contributed by atoms with Gasteiger partial charge < -0.3 is 9.84 Å². The van der Waals surface area contributed by atoms with Crippen molar-refractivity contribution < 1.29 is 41.0 Å². The van der Waals surface area contributed by atoms with E-state index in [2.05, 4.69) is 4.99 Å². The average Bonchev–Trinajstić information content (AvgIpc) is 2.98. The number of benzene rings is 1. The first kappa shape index (κ1) is 28.5. The number of aliphatic hydroxyl groups is 1. The van der Waals surface area contributed by atoms with Crippen LogP contribution in [0.1, 0.15) is 62.7 Å². The number of alkyl halides is 6. The number of halogens is 6. The Kier molecular flexibility index (Phi) is 7.90. The number of rotatable bonds is 6. The molecule has 0 aliphatic rings. The zero-order valence-electron chi connectivity index (χ0n) is 20.3. The van der Waals surface area contributed by atoms with Crippen LogP contribution in [0.3, 0.4) is 0 Å². The van der Waals surface area contributed by atoms with Crippen LogP contribution in [0, 0.1) is 0 Å². The molecule has 0 fully saturated rings. The van der Waals surface area contributed by atoms with Gasteiger partial charge in [0.1, 0.15) is 12.4 Å². The van der Waals surface area contributed by atoms with Gasteiger partial charge in [-0.05, 0) is 32.0 Å². The van der Waals surface area contributed by atoms with Crippen LogP contribution in [0.2, 0.25) is 0 Å². The maximum absolute atomic E-state index is 13.3. The summed E-state index contributed by atoms with van der Waals surface area (Å²) in [5, 5.41) is 9.89. The van der Waals surface area contributed by atoms with Gasteiger partial charge in [0.15, 0.2) is 5.49 Å². The lowest BCUT2D eigenvalue weighted by molar-refractivity contribution is -0.138. The quantitative estimate of drug-likeness (QED) is 0.559. The fraction of sp³-hybridized carbons (Fsp3) is 0.565. The molecule has 35 heavy (non-hydrogen) atoms. The van der Waals surface area contributed by atoms with Gasteiger partial charge in [0.05, 0.1) is 23.1 Å². The summed E-state index contributed by atoms with van der Waals surface area (Å²) in [5.74, 6) is -1.38. The van der Waals surface area contributed by atoms with Gasteiger partial charge in [0.25, 0.3) is 5.91 Å². The van der Waals surface area contributed by atoms with E-state index in [0.717, 1.165) is 16.8 Å². The minimum atomic E-state index is -4.76. The lowest BCUT2D eigenvalue weighted by atomic mass is 9.92. The number of carbonyl (C=O) groups is 1. The summed E-state index contributed by atoms with van der Waals surface area (Å²) in [6.07, 6.45) is -10.4. The Morgan fingerprint density at radius 1 is 1.03 bits per heavy atom. The first-order valence-electron chi connectivity index (χ1n) is 10.7. The summed E-state index contributed by atoms with van der Waals surface area (Å²) in [6, 6.07) is 3.67. The fourth-order valence-electron chi connectivity index (χ4n) is 3.28. The molecule has 0 aliphatic heterocycles. The van der Waals surface area contributed by atoms with Crippen molar-refractivity contribution in [3.05, 3.63) is 46.6 Å². The van der Waals surface area contributed by atoms with Gasteiger partial charge in [0, 0.05) is 30.8 Å². The lowest BCUT2D eigenvalue weighted by Crippen LogP contribution is -2.29. The Balaban J connectivity index is 2.66. The normalized spacial score (nSPS) is 13.9. The van der Waals surface area contributed by atoms with Gasteiger partial charge in [-0.2, -0.15) is 31.3 Å². The highest BCUT2D eigenvalue weighted by atomic mass is 19.4. The first-order valence-corrected chi connectivity index (χ1v) is 10.7. The maximum Gasteiger partial charge on any atom is 0.416 e. The molecule has 196 valence electrons. The highest BCUT2D eigenvalue weighted by Crippen LogP contribution is 2.33. The van der Waals surface area contributed by atoms with Gasteiger partial charge in [-0.3, -0.25) is 14.2 Å². The van der Waals surface area contributed by atoms with Crippen molar-refractivity contribution in [2.75, 3.05) is 6.61 Å². The second-order valence-electron chi connectivity index (χ2n) is 9.88. The fourth-order valence-corrected chi connectivity index (χ4v) is 3.28. The Labute approximate surface area is 198 Å². The summed E-state index contributed by atoms with van der Waals surface area (Å²) >= 11 is 0. The van der Waals surface area contributed by atoms with E-state index < -0.39 is 53.4 Å². The average molecular weight is 509 g/mol. The van der Waals surface area contributed by atoms with Crippen molar-refractivity contribution in [3.8, 4) is 5.75 Å². The summed E-state index contributed by atoms with van der Waals surface area (Å²) in [6.45, 7) is 7.39. The molecule has 2 aromatic rings. The molecule has 0 spiro atoms. The molecule has 0 saturated heterocycles. The molecular formula is C23H29F6N3O3. The first-order chi connectivity index (χ1) is 15.7. The molecule has 1 N–H and O–H groups in total. The van der Waals surface area contributed by atoms with Crippen molar-refractivity contribution in [3.63, 3.8) is 0 Å². The number of hydrogen-bond acceptors (Lipinski definition) is 3. The van der Waals surface area contributed by atoms with Crippen molar-refractivity contribution in [1.82, 2.24) is 9.36 Å². The molecule has 0 aliphatic carbocycles. The molecule has 0 unspecified atom stereocenters. The number of aromatic nitrogens is 2. The molecule has 1 amide bonds. The van der Waals surface area contributed by atoms with Crippen LogP contribution in [-0.4, -0.2) is 38.8 Å². The monoisotopic (exact) mass is 509 g/mol. The van der Waals surface area contributed by atoms with Crippen molar-refractivity contribution in [2.24, 2.45) is 12.0 Å². The van der Waals surface area contributed by atoms with E-state index in [0.29, 0.717) is 11.8 Å². The number of carbonyl (C=O) groups excluding carboxylic acids is 1. The van der Waals surface area contributed by atoms with E-state index in [-0.39, 0.29) is 17.8 Å². The van der Waals surface area contributed by atoms with E-state index in [1.54, 1.807) is 0 Å². The largest absolute Gasteiger partial charge is 0.490 e. The predicted octanol–water partition coefficient (Wildman–Crippen LogP) is 4.99. The van der Waals surface area contributed by atoms with Crippen molar-refractivity contribution in [1.29, 1.82) is 0 Å². The number of nitrogens with zero attached hydrogens (tertiary/aromatic N) is 3. The third-order valence-electron chi connectivity index (χ3n) is 4.95. The van der Waals surface area contributed by atoms with E-state index in [9.17, 15) is 36.2 Å². The van der Waals surface area contributed by atoms with Gasteiger partial charge in [0.2, 0.25) is 0 Å². The van der Waals surface area contributed by atoms with E-state index >= 15 is 0 Å². The SMILES string of the molecule is Cn1c(C(C)(C)C)cc(=NC(=O)c2cc(C(F)(F)F)ccc2OCC(C)(C)O)n1CCC(F)(F)F. The third kappa shape index (κ3) is 7.87. The van der Waals surface area contributed by atoms with Crippen molar-refractivity contribution >= 4 is 5.91 Å². The van der Waals surface area contributed by atoms with Gasteiger partial charge >= 0.3 is 12.4 Å². The van der Waals surface area contributed by atoms with Gasteiger partial charge in [-0.15, -0.1) is 0 Å². The van der Waals surface area contributed by atoms with Crippen molar-refractivity contribution in [2.45, 2.75) is 71.0 Å². The van der Waals surface area contributed by atoms with Gasteiger partial charge in [-0.1, -0.05) is 20.8 Å². The topological polar surface area (TPSA) is 68.8 Å². The predicted molar refractivity (Wildman–Crippen MR) is 116 cm³/mol. The molecule has 2 rings (SSSR count). The van der Waals surface area contributed by atoms with Gasteiger partial charge in [-0.25, -0.2) is 0 Å². The van der Waals surface area contributed by atoms with E-state index in [1.165, 1.54) is 31.6 Å². The molecule has 12 heteroatoms. The molecule has 1 aromatic carbocycles. The highest BCUT2D eigenvalue weighted by Gasteiger charge is 2.33. The Morgan fingerprint density at radius 3 is 2.11 bits per heavy atom. The Morgan fingerprint density at radius 2 is 1.63 bits per heavy atom. The van der Waals surface area contributed by atoms with Crippen LogP contribution in [0.4, 0.5) is 26.3 Å². The summed E-state index contributed by atoms with van der Waals surface area (Å²) in [7, 11) is 1.52. The number of ether oxygens (including phenoxy) is 1. The maximum atomic E-state index is 13.3. The highest BCUT2D eigenvalue weighted by molar-refractivity contribution is 5.97. The number of hydrogen-bond donors (Lipinski definition) is 1. The van der Waals surface area contributed by atoms with Crippen LogP contribution in [0.25, 0.3) is 0 Å². The molecule has 0 bridgehead atoms. The standard InChI is InChI=1S/C23H29F6N3O3/c1-20(2,3)17-12-18(32(31(17)6)10-9-22(24,25)26)30-19(33)15-11-14(23(27,28)29)7-8-16(15)35-13-21(4,5)34/h7-8,11-12,34H,9-10,13H2,1-6H3. The third-order valence-corrected chi connectivity index (χ3v) is 4.95. The van der Waals surface area contributed by atoms with E-state index in [1.807, 2.05) is 20.8 Å². The zero-order valence-corrected chi connectivity index (χ0v) is 20.3. The summed E-state index contributed by atoms with van der Waals surface area (Å²) < 4.78 is 86.5. The Hall–Kier alpha value is -2.76. The minimum Gasteiger partial charge on any atom is -0.490 e. The van der Waals surface area contributed by atoms with Crippen LogP contribution < -0.4 is 10.2 Å². The number of amides is 1. The molecular weight excluding hydrogens is 480 g/mol. The molecule has 0 atom stereocenters. The molecule has 6 nitrogen and oxygen atoms in total. The molecule has 0 saturated carbocycles. The minimum absolute atomic E-state index is 0.141. The lowest BCUT2D eigenvalue weighted by Gasteiger charge is -2.21. The molecule has 1 aromatic heterocycles.